The third-order valence-electron chi connectivity index (χ3n) is 2.78. The third kappa shape index (κ3) is 2.37. The van der Waals surface area contributed by atoms with Gasteiger partial charge in [0, 0.05) is 0 Å². The third-order valence-corrected chi connectivity index (χ3v) is 2.78. The minimum atomic E-state index is -4.66. The Hall–Kier alpha value is -1.84. The first kappa shape index (κ1) is 12.6. The van der Waals surface area contributed by atoms with E-state index < -0.39 is 12.0 Å². The number of alkyl halides is 3. The zero-order valence-corrected chi connectivity index (χ0v) is 9.58. The summed E-state index contributed by atoms with van der Waals surface area (Å²) in [5, 5.41) is 11.9. The Morgan fingerprint density at radius 3 is 2.56 bits per heavy atom. The van der Waals surface area contributed by atoms with Gasteiger partial charge in [-0.2, -0.15) is 23.4 Å². The molecule has 1 aromatic heterocycles. The molecular formula is C11H10F3N3O. The molecule has 0 saturated heterocycles. The molecule has 1 saturated carbocycles. The van der Waals surface area contributed by atoms with E-state index in [4.69, 9.17) is 5.26 Å². The summed E-state index contributed by atoms with van der Waals surface area (Å²) in [6, 6.07) is 1.87. The van der Waals surface area contributed by atoms with Crippen molar-refractivity contribution in [3.8, 4) is 6.07 Å². The van der Waals surface area contributed by atoms with Crippen LogP contribution in [-0.2, 0) is 6.18 Å². The zero-order chi connectivity index (χ0) is 13.3. The van der Waals surface area contributed by atoms with Crippen molar-refractivity contribution in [1.82, 2.24) is 10.1 Å². The topological polar surface area (TPSA) is 62.7 Å². The summed E-state index contributed by atoms with van der Waals surface area (Å²) in [7, 11) is 0. The molecule has 1 aromatic rings. The van der Waals surface area contributed by atoms with Crippen molar-refractivity contribution in [1.29, 1.82) is 5.26 Å². The predicted octanol–water partition coefficient (Wildman–Crippen LogP) is 3.19. The first-order chi connectivity index (χ1) is 8.47. The second kappa shape index (κ2) is 4.44. The van der Waals surface area contributed by atoms with E-state index >= 15 is 0 Å². The molecule has 0 spiro atoms. The van der Waals surface area contributed by atoms with Gasteiger partial charge in [-0.15, -0.1) is 0 Å². The van der Waals surface area contributed by atoms with Gasteiger partial charge in [-0.3, -0.25) is 0 Å². The van der Waals surface area contributed by atoms with Gasteiger partial charge < -0.3 is 4.52 Å². The van der Waals surface area contributed by atoms with Crippen molar-refractivity contribution in [3.63, 3.8) is 0 Å². The number of allylic oxidation sites excluding steroid dienone is 2. The highest BCUT2D eigenvalue weighted by molar-refractivity contribution is 5.75. The number of nitrogens with zero attached hydrogens (tertiary/aromatic N) is 3. The van der Waals surface area contributed by atoms with E-state index in [9.17, 15) is 13.2 Å². The molecule has 0 radical (unpaired) electrons. The highest BCUT2D eigenvalue weighted by Crippen LogP contribution is 2.41. The number of rotatable bonds is 3. The Bertz CT molecular complexity index is 520. The van der Waals surface area contributed by atoms with Crippen LogP contribution < -0.4 is 0 Å². The maximum atomic E-state index is 12.3. The molecule has 0 amide bonds. The lowest BCUT2D eigenvalue weighted by Gasteiger charge is -2.02. The summed E-state index contributed by atoms with van der Waals surface area (Å²) in [6.45, 7) is 1.85. The second-order valence-corrected chi connectivity index (χ2v) is 4.06. The van der Waals surface area contributed by atoms with E-state index in [1.54, 1.807) is 0 Å². The van der Waals surface area contributed by atoms with Crippen LogP contribution in [0.15, 0.2) is 10.1 Å². The van der Waals surface area contributed by atoms with Gasteiger partial charge in [0.1, 0.15) is 11.6 Å². The van der Waals surface area contributed by atoms with Gasteiger partial charge in [-0.05, 0) is 30.8 Å². The molecule has 0 aliphatic heterocycles. The van der Waals surface area contributed by atoms with Crippen molar-refractivity contribution in [3.05, 3.63) is 17.3 Å². The summed E-state index contributed by atoms with van der Waals surface area (Å²) >= 11 is 0. The molecule has 4 nitrogen and oxygen atoms in total. The average Bonchev–Trinajstić information content (AvgIpc) is 3.00. The van der Waals surface area contributed by atoms with Crippen LogP contribution in [0.25, 0.3) is 5.57 Å². The van der Waals surface area contributed by atoms with Crippen LogP contribution in [0, 0.1) is 17.2 Å². The van der Waals surface area contributed by atoms with Crippen LogP contribution in [-0.4, -0.2) is 10.1 Å². The number of hydrogen-bond acceptors (Lipinski definition) is 4. The first-order valence-electron chi connectivity index (χ1n) is 5.51. The highest BCUT2D eigenvalue weighted by atomic mass is 19.4. The van der Waals surface area contributed by atoms with Crippen LogP contribution in [0.5, 0.6) is 0 Å². The van der Waals surface area contributed by atoms with E-state index in [0.717, 1.165) is 18.4 Å². The molecule has 0 bridgehead atoms. The van der Waals surface area contributed by atoms with Crippen molar-refractivity contribution in [2.24, 2.45) is 5.92 Å². The largest absolute Gasteiger partial charge is 0.455 e. The first-order valence-corrected chi connectivity index (χ1v) is 5.51. The van der Waals surface area contributed by atoms with E-state index in [-0.39, 0.29) is 17.4 Å². The molecule has 0 N–H and O–H groups in total. The Balaban J connectivity index is 2.40. The standard InChI is InChI=1S/C11H10F3N3O/c1-2-7(6-3-4-6)8(5-15)9-16-10(17-18-9)11(12,13)14/h6H,2-4H2,1H3. The lowest BCUT2D eigenvalue weighted by molar-refractivity contribution is -0.146. The van der Waals surface area contributed by atoms with Crippen LogP contribution in [0.1, 0.15) is 37.9 Å². The van der Waals surface area contributed by atoms with Crippen molar-refractivity contribution in [2.75, 3.05) is 0 Å². The highest BCUT2D eigenvalue weighted by Gasteiger charge is 2.38. The van der Waals surface area contributed by atoms with Gasteiger partial charge in [0.25, 0.3) is 11.7 Å². The summed E-state index contributed by atoms with van der Waals surface area (Å²) < 4.78 is 41.6. The van der Waals surface area contributed by atoms with Gasteiger partial charge in [-0.1, -0.05) is 12.1 Å². The maximum Gasteiger partial charge on any atom is 0.455 e. The van der Waals surface area contributed by atoms with Crippen molar-refractivity contribution < 1.29 is 17.7 Å². The lowest BCUT2D eigenvalue weighted by atomic mass is 10.0. The normalized spacial score (nSPS) is 17.3. The summed E-state index contributed by atoms with van der Waals surface area (Å²) in [6.07, 6.45) is -2.16. The molecule has 1 heterocycles. The van der Waals surface area contributed by atoms with Crippen LogP contribution in [0.2, 0.25) is 0 Å². The average molecular weight is 257 g/mol. The monoisotopic (exact) mass is 257 g/mol. The van der Waals surface area contributed by atoms with E-state index in [1.807, 2.05) is 13.0 Å². The molecule has 2 rings (SSSR count). The Kier molecular flexibility index (Phi) is 3.11. The Labute approximate surface area is 101 Å². The van der Waals surface area contributed by atoms with E-state index in [2.05, 4.69) is 14.7 Å². The van der Waals surface area contributed by atoms with Gasteiger partial charge in [0.15, 0.2) is 0 Å². The van der Waals surface area contributed by atoms with Gasteiger partial charge in [-0.25, -0.2) is 0 Å². The fourth-order valence-electron chi connectivity index (χ4n) is 1.80. The summed E-state index contributed by atoms with van der Waals surface area (Å²) in [4.78, 5) is 3.25. The zero-order valence-electron chi connectivity index (χ0n) is 9.58. The van der Waals surface area contributed by atoms with Crippen LogP contribution in [0.3, 0.4) is 0 Å². The number of aromatic nitrogens is 2. The predicted molar refractivity (Wildman–Crippen MR) is 54.8 cm³/mol. The number of hydrogen-bond donors (Lipinski definition) is 0. The molecule has 1 aliphatic carbocycles. The quantitative estimate of drug-likeness (QED) is 0.780. The molecule has 1 aliphatic rings. The fourth-order valence-corrected chi connectivity index (χ4v) is 1.80. The van der Waals surface area contributed by atoms with Crippen molar-refractivity contribution in [2.45, 2.75) is 32.4 Å². The maximum absolute atomic E-state index is 12.3. The van der Waals surface area contributed by atoms with Gasteiger partial charge in [0.2, 0.25) is 0 Å². The Morgan fingerprint density at radius 2 is 2.17 bits per heavy atom. The van der Waals surface area contributed by atoms with Gasteiger partial charge in [0.05, 0.1) is 0 Å². The molecule has 7 heteroatoms. The second-order valence-electron chi connectivity index (χ2n) is 4.06. The SMILES string of the molecule is CCC(=C(C#N)c1nc(C(F)(F)F)no1)C1CC1. The number of halogens is 3. The molecule has 0 aromatic carbocycles. The van der Waals surface area contributed by atoms with E-state index in [1.165, 1.54) is 0 Å². The smallest absolute Gasteiger partial charge is 0.333 e. The molecule has 0 unspecified atom stereocenters. The molecule has 1 fully saturated rings. The van der Waals surface area contributed by atoms with Crippen LogP contribution in [0.4, 0.5) is 13.2 Å². The van der Waals surface area contributed by atoms with Gasteiger partial charge >= 0.3 is 6.18 Å². The molecular weight excluding hydrogens is 247 g/mol. The molecule has 0 atom stereocenters. The number of nitriles is 1. The van der Waals surface area contributed by atoms with Crippen LogP contribution >= 0.6 is 0 Å². The minimum absolute atomic E-state index is 0.0861. The van der Waals surface area contributed by atoms with Crippen molar-refractivity contribution >= 4 is 5.57 Å². The Morgan fingerprint density at radius 1 is 1.50 bits per heavy atom. The fraction of sp³-hybridized carbons (Fsp3) is 0.545. The molecule has 96 valence electrons. The summed E-state index contributed by atoms with van der Waals surface area (Å²) in [5.74, 6) is -1.42. The lowest BCUT2D eigenvalue weighted by Crippen LogP contribution is -2.07. The minimum Gasteiger partial charge on any atom is -0.333 e. The molecule has 18 heavy (non-hydrogen) atoms. The van der Waals surface area contributed by atoms with E-state index in [0.29, 0.717) is 6.42 Å². The summed E-state index contributed by atoms with van der Waals surface area (Å²) in [5.41, 5.74) is 0.887.